The number of unbranched alkanes of at least 4 members (excludes halogenated alkanes) is 1. The molecule has 0 aromatic heterocycles. The average molecular weight is 289 g/mol. The third-order valence-corrected chi connectivity index (χ3v) is 3.38. The maximum Gasteiger partial charge on any atom is 0.156 e. The Labute approximate surface area is 124 Å². The molecule has 0 aliphatic heterocycles. The van der Waals surface area contributed by atoms with Crippen molar-refractivity contribution in [1.29, 1.82) is 0 Å². The molecule has 104 valence electrons. The molecule has 0 N–H and O–H groups in total. The first kappa shape index (κ1) is 14.6. The third kappa shape index (κ3) is 3.61. The summed E-state index contributed by atoms with van der Waals surface area (Å²) < 4.78 is 5.73. The van der Waals surface area contributed by atoms with Gasteiger partial charge in [-0.25, -0.2) is 0 Å². The Morgan fingerprint density at radius 2 is 1.90 bits per heavy atom. The van der Waals surface area contributed by atoms with Gasteiger partial charge < -0.3 is 4.74 Å². The van der Waals surface area contributed by atoms with Crippen LogP contribution >= 0.6 is 11.6 Å². The van der Waals surface area contributed by atoms with Crippen LogP contribution in [0, 0.1) is 0 Å². The Morgan fingerprint density at radius 1 is 1.15 bits per heavy atom. The monoisotopic (exact) mass is 288 g/mol. The Balaban J connectivity index is 2.16. The number of hydrogen-bond donors (Lipinski definition) is 0. The first-order chi connectivity index (χ1) is 9.74. The summed E-state index contributed by atoms with van der Waals surface area (Å²) in [7, 11) is 0. The van der Waals surface area contributed by atoms with E-state index in [1.807, 2.05) is 24.3 Å². The maximum absolute atomic E-state index is 11.0. The van der Waals surface area contributed by atoms with Gasteiger partial charge in [-0.05, 0) is 42.7 Å². The fourth-order valence-corrected chi connectivity index (χ4v) is 2.17. The van der Waals surface area contributed by atoms with Gasteiger partial charge in [-0.2, -0.15) is 0 Å². The van der Waals surface area contributed by atoms with E-state index in [4.69, 9.17) is 16.3 Å². The minimum absolute atomic E-state index is 0.408. The summed E-state index contributed by atoms with van der Waals surface area (Å²) >= 11 is 6.07. The molecule has 0 amide bonds. The maximum atomic E-state index is 11.0. The highest BCUT2D eigenvalue weighted by molar-refractivity contribution is 6.32. The smallest absolute Gasteiger partial charge is 0.156 e. The van der Waals surface area contributed by atoms with Crippen molar-refractivity contribution in [3.05, 3.63) is 58.6 Å². The number of carbonyl (C=O) groups is 1. The van der Waals surface area contributed by atoms with Gasteiger partial charge in [0.05, 0.1) is 10.6 Å². The van der Waals surface area contributed by atoms with E-state index < -0.39 is 0 Å². The van der Waals surface area contributed by atoms with Crippen LogP contribution in [-0.2, 0) is 6.42 Å². The minimum atomic E-state index is 0.408. The number of rotatable bonds is 6. The zero-order valence-electron chi connectivity index (χ0n) is 11.4. The highest BCUT2D eigenvalue weighted by Crippen LogP contribution is 2.32. The predicted molar refractivity (Wildman–Crippen MR) is 82.0 cm³/mol. The number of aryl methyl sites for hydroxylation is 1. The molecule has 2 nitrogen and oxygen atoms in total. The molecule has 0 atom stereocenters. The highest BCUT2D eigenvalue weighted by atomic mass is 35.5. The van der Waals surface area contributed by atoms with Crippen molar-refractivity contribution in [3.8, 4) is 11.5 Å². The first-order valence-corrected chi connectivity index (χ1v) is 7.13. The van der Waals surface area contributed by atoms with Gasteiger partial charge in [0.25, 0.3) is 0 Å². The van der Waals surface area contributed by atoms with Gasteiger partial charge in [-0.3, -0.25) is 4.79 Å². The van der Waals surface area contributed by atoms with Crippen LogP contribution in [0.1, 0.15) is 35.7 Å². The lowest BCUT2D eigenvalue weighted by molar-refractivity contribution is 0.112. The van der Waals surface area contributed by atoms with Gasteiger partial charge in [-0.1, -0.05) is 43.1 Å². The molecule has 3 heteroatoms. The number of aldehydes is 1. The topological polar surface area (TPSA) is 26.3 Å². The van der Waals surface area contributed by atoms with Crippen molar-refractivity contribution in [3.63, 3.8) is 0 Å². The molecule has 20 heavy (non-hydrogen) atoms. The first-order valence-electron chi connectivity index (χ1n) is 6.75. The number of benzene rings is 2. The van der Waals surface area contributed by atoms with Crippen LogP contribution in [0.15, 0.2) is 42.5 Å². The second kappa shape index (κ2) is 7.11. The number of halogens is 1. The van der Waals surface area contributed by atoms with E-state index >= 15 is 0 Å². The van der Waals surface area contributed by atoms with Crippen molar-refractivity contribution in [2.75, 3.05) is 0 Å². The van der Waals surface area contributed by atoms with E-state index in [1.54, 1.807) is 18.2 Å². The van der Waals surface area contributed by atoms with Crippen LogP contribution in [0.4, 0.5) is 0 Å². The molecule has 0 bridgehead atoms. The van der Waals surface area contributed by atoms with Crippen LogP contribution in [0.2, 0.25) is 5.02 Å². The summed E-state index contributed by atoms with van der Waals surface area (Å²) in [4.78, 5) is 11.0. The van der Waals surface area contributed by atoms with Gasteiger partial charge >= 0.3 is 0 Å². The molecule has 2 rings (SSSR count). The van der Waals surface area contributed by atoms with Crippen molar-refractivity contribution in [2.45, 2.75) is 26.2 Å². The normalized spacial score (nSPS) is 10.3. The van der Waals surface area contributed by atoms with Gasteiger partial charge in [-0.15, -0.1) is 0 Å². The zero-order valence-corrected chi connectivity index (χ0v) is 12.2. The van der Waals surface area contributed by atoms with Crippen molar-refractivity contribution < 1.29 is 9.53 Å². The Kier molecular flexibility index (Phi) is 5.19. The van der Waals surface area contributed by atoms with E-state index in [0.717, 1.165) is 12.7 Å². The molecule has 0 radical (unpaired) electrons. The number of ether oxygens (including phenoxy) is 1. The molecule has 0 aliphatic rings. The molecule has 2 aromatic carbocycles. The summed E-state index contributed by atoms with van der Waals surface area (Å²) in [5.41, 5.74) is 1.74. The Morgan fingerprint density at radius 3 is 2.55 bits per heavy atom. The van der Waals surface area contributed by atoms with E-state index in [1.165, 1.54) is 18.4 Å². The van der Waals surface area contributed by atoms with Crippen molar-refractivity contribution >= 4 is 17.9 Å². The molecule has 0 saturated carbocycles. The van der Waals surface area contributed by atoms with Crippen LogP contribution in [0.5, 0.6) is 11.5 Å². The molecular weight excluding hydrogens is 272 g/mol. The lowest BCUT2D eigenvalue weighted by Gasteiger charge is -2.10. The van der Waals surface area contributed by atoms with Gasteiger partial charge in [0.2, 0.25) is 0 Å². The van der Waals surface area contributed by atoms with Gasteiger partial charge in [0.1, 0.15) is 5.75 Å². The van der Waals surface area contributed by atoms with Crippen LogP contribution in [-0.4, -0.2) is 6.29 Å². The number of hydrogen-bond acceptors (Lipinski definition) is 2. The fourth-order valence-electron chi connectivity index (χ4n) is 1.95. The highest BCUT2D eigenvalue weighted by Gasteiger charge is 2.08. The van der Waals surface area contributed by atoms with Crippen molar-refractivity contribution in [1.82, 2.24) is 0 Å². The van der Waals surface area contributed by atoms with Crippen LogP contribution in [0.3, 0.4) is 0 Å². The zero-order chi connectivity index (χ0) is 14.4. The standard InChI is InChI=1S/C17H17ClO2/c1-2-3-5-13-8-10-15(11-9-13)20-17-14(12-19)6-4-7-16(17)18/h4,6-12H,2-3,5H2,1H3. The van der Waals surface area contributed by atoms with Gasteiger partial charge in [0.15, 0.2) is 12.0 Å². The van der Waals surface area contributed by atoms with E-state index in [-0.39, 0.29) is 0 Å². The molecule has 0 unspecified atom stereocenters. The molecule has 0 aliphatic carbocycles. The summed E-state index contributed by atoms with van der Waals surface area (Å²) in [6.45, 7) is 2.18. The molecule has 0 heterocycles. The molecule has 0 saturated heterocycles. The quantitative estimate of drug-likeness (QED) is 0.675. The van der Waals surface area contributed by atoms with E-state index in [9.17, 15) is 4.79 Å². The number of para-hydroxylation sites is 1. The Bertz CT molecular complexity index is 576. The second-order valence-corrected chi connectivity index (χ2v) is 5.03. The molecule has 0 fully saturated rings. The lowest BCUT2D eigenvalue weighted by atomic mass is 10.1. The number of carbonyl (C=O) groups excluding carboxylic acids is 1. The average Bonchev–Trinajstić information content (AvgIpc) is 2.48. The third-order valence-electron chi connectivity index (χ3n) is 3.09. The SMILES string of the molecule is CCCCc1ccc(Oc2c(Cl)cccc2C=O)cc1. The summed E-state index contributed by atoms with van der Waals surface area (Å²) in [5.74, 6) is 1.09. The predicted octanol–water partition coefficient (Wildman–Crippen LogP) is 5.29. The summed E-state index contributed by atoms with van der Waals surface area (Å²) in [6, 6.07) is 13.0. The van der Waals surface area contributed by atoms with Crippen molar-refractivity contribution in [2.24, 2.45) is 0 Å². The summed E-state index contributed by atoms with van der Waals surface area (Å²) in [5, 5.41) is 0.435. The van der Waals surface area contributed by atoms with Crippen LogP contribution in [0.25, 0.3) is 0 Å². The minimum Gasteiger partial charge on any atom is -0.455 e. The van der Waals surface area contributed by atoms with Crippen LogP contribution < -0.4 is 4.74 Å². The molecule has 2 aromatic rings. The van der Waals surface area contributed by atoms with Gasteiger partial charge in [0, 0.05) is 0 Å². The summed E-state index contributed by atoms with van der Waals surface area (Å²) in [6.07, 6.45) is 4.18. The lowest BCUT2D eigenvalue weighted by Crippen LogP contribution is -1.92. The van der Waals surface area contributed by atoms with E-state index in [2.05, 4.69) is 6.92 Å². The van der Waals surface area contributed by atoms with E-state index in [0.29, 0.717) is 22.1 Å². The fraction of sp³-hybridized carbons (Fsp3) is 0.235. The molecular formula is C17H17ClO2. The largest absolute Gasteiger partial charge is 0.455 e. The molecule has 0 spiro atoms. The second-order valence-electron chi connectivity index (χ2n) is 4.63. The Hall–Kier alpha value is -1.80.